The summed E-state index contributed by atoms with van der Waals surface area (Å²) >= 11 is 0. The van der Waals surface area contributed by atoms with Crippen molar-refractivity contribution in [3.05, 3.63) is 72.3 Å². The van der Waals surface area contributed by atoms with Gasteiger partial charge in [-0.05, 0) is 36.2 Å². The summed E-state index contributed by atoms with van der Waals surface area (Å²) in [5.41, 5.74) is 9.83. The van der Waals surface area contributed by atoms with Crippen molar-refractivity contribution in [2.24, 2.45) is 22.8 Å². The Morgan fingerprint density at radius 1 is 1.04 bits per heavy atom. The topological polar surface area (TPSA) is 77.8 Å². The zero-order chi connectivity index (χ0) is 19.0. The van der Waals surface area contributed by atoms with Gasteiger partial charge in [0.2, 0.25) is 5.66 Å². The lowest BCUT2D eigenvalue weighted by Crippen LogP contribution is -2.25. The Kier molecular flexibility index (Phi) is 4.03. The maximum Gasteiger partial charge on any atom is 0.220 e. The Morgan fingerprint density at radius 2 is 1.78 bits per heavy atom. The zero-order valence-electron chi connectivity index (χ0n) is 15.5. The molecule has 3 aromatic rings. The summed E-state index contributed by atoms with van der Waals surface area (Å²) in [5, 5.41) is 0. The van der Waals surface area contributed by atoms with E-state index in [2.05, 4.69) is 23.2 Å². The number of aryl methyl sites for hydroxylation is 1. The normalized spacial score (nSPS) is 18.9. The molecule has 2 N–H and O–H groups in total. The van der Waals surface area contributed by atoms with Crippen molar-refractivity contribution in [3.8, 4) is 16.9 Å². The van der Waals surface area contributed by atoms with Crippen LogP contribution in [0.15, 0.2) is 71.0 Å². The molecule has 27 heavy (non-hydrogen) atoms. The lowest BCUT2D eigenvalue weighted by Gasteiger charge is -2.24. The quantitative estimate of drug-likeness (QED) is 0.777. The van der Waals surface area contributed by atoms with Crippen LogP contribution in [0, 0.1) is 0 Å². The van der Waals surface area contributed by atoms with Gasteiger partial charge in [0.1, 0.15) is 11.6 Å². The Morgan fingerprint density at radius 3 is 2.41 bits per heavy atom. The summed E-state index contributed by atoms with van der Waals surface area (Å²) in [7, 11) is 3.60. The predicted octanol–water partition coefficient (Wildman–Crippen LogP) is 3.13. The SMILES string of the molecule is COc1cccc(-c2cccc(C3(c4cncn4C)N=C(C)C(N)=N3)c2)c1. The van der Waals surface area contributed by atoms with Gasteiger partial charge in [-0.25, -0.2) is 15.0 Å². The highest BCUT2D eigenvalue weighted by Crippen LogP contribution is 2.39. The first-order valence-electron chi connectivity index (χ1n) is 8.67. The molecule has 1 aliphatic heterocycles. The Bertz CT molecular complexity index is 1050. The van der Waals surface area contributed by atoms with E-state index in [0.717, 1.165) is 33.8 Å². The highest BCUT2D eigenvalue weighted by atomic mass is 16.5. The van der Waals surface area contributed by atoms with Gasteiger partial charge in [0.15, 0.2) is 0 Å². The molecule has 4 rings (SSSR count). The highest BCUT2D eigenvalue weighted by Gasteiger charge is 2.40. The molecule has 0 aliphatic carbocycles. The number of aromatic nitrogens is 2. The number of ether oxygens (including phenoxy) is 1. The number of methoxy groups -OCH3 is 1. The molecular formula is C21H21N5O. The van der Waals surface area contributed by atoms with Gasteiger partial charge >= 0.3 is 0 Å². The van der Waals surface area contributed by atoms with E-state index in [1.807, 2.05) is 48.9 Å². The Balaban J connectivity index is 1.90. The second-order valence-corrected chi connectivity index (χ2v) is 6.57. The molecule has 1 atom stereocenters. The smallest absolute Gasteiger partial charge is 0.220 e. The van der Waals surface area contributed by atoms with Crippen molar-refractivity contribution >= 4 is 11.5 Å². The van der Waals surface area contributed by atoms with Gasteiger partial charge in [0.05, 0.1) is 31.0 Å². The number of benzene rings is 2. The standard InChI is InChI=1S/C21H21N5O/c1-14-20(22)25-21(24-14,19-12-23-13-26(19)2)17-8-4-6-15(10-17)16-7-5-9-18(11-16)27-3/h4-13H,1-3H3,(H2,22,25). The van der Waals surface area contributed by atoms with Gasteiger partial charge in [-0.2, -0.15) is 0 Å². The average molecular weight is 359 g/mol. The van der Waals surface area contributed by atoms with Crippen LogP contribution in [0.5, 0.6) is 5.75 Å². The van der Waals surface area contributed by atoms with E-state index in [4.69, 9.17) is 20.5 Å². The molecule has 2 aromatic carbocycles. The second kappa shape index (κ2) is 6.39. The number of rotatable bonds is 4. The van der Waals surface area contributed by atoms with Crippen LogP contribution in [0.2, 0.25) is 0 Å². The number of hydrogen-bond donors (Lipinski definition) is 1. The minimum atomic E-state index is -0.922. The Labute approximate surface area is 158 Å². The predicted molar refractivity (Wildman–Crippen MR) is 107 cm³/mol. The summed E-state index contributed by atoms with van der Waals surface area (Å²) in [4.78, 5) is 13.9. The Hall–Kier alpha value is -3.41. The van der Waals surface area contributed by atoms with Crippen LogP contribution in [0.25, 0.3) is 11.1 Å². The van der Waals surface area contributed by atoms with E-state index in [9.17, 15) is 0 Å². The van der Waals surface area contributed by atoms with Crippen LogP contribution in [0.1, 0.15) is 18.2 Å². The molecule has 0 amide bonds. The molecule has 6 heteroatoms. The number of aliphatic imine (C=N–C) groups is 2. The van der Waals surface area contributed by atoms with Gasteiger partial charge in [-0.3, -0.25) is 0 Å². The summed E-state index contributed by atoms with van der Waals surface area (Å²) in [6.07, 6.45) is 3.54. The minimum Gasteiger partial charge on any atom is -0.497 e. The first-order valence-corrected chi connectivity index (χ1v) is 8.67. The van der Waals surface area contributed by atoms with E-state index in [0.29, 0.717) is 5.84 Å². The van der Waals surface area contributed by atoms with Crippen molar-refractivity contribution in [2.45, 2.75) is 12.6 Å². The molecule has 136 valence electrons. The van der Waals surface area contributed by atoms with Gasteiger partial charge in [0, 0.05) is 12.6 Å². The van der Waals surface area contributed by atoms with Gasteiger partial charge in [-0.15, -0.1) is 0 Å². The number of amidine groups is 1. The molecule has 0 spiro atoms. The number of imidazole rings is 1. The van der Waals surface area contributed by atoms with E-state index in [1.165, 1.54) is 0 Å². The summed E-state index contributed by atoms with van der Waals surface area (Å²) in [6.45, 7) is 1.88. The van der Waals surface area contributed by atoms with E-state index >= 15 is 0 Å². The third-order valence-electron chi connectivity index (χ3n) is 4.82. The van der Waals surface area contributed by atoms with Crippen molar-refractivity contribution in [1.29, 1.82) is 0 Å². The largest absolute Gasteiger partial charge is 0.497 e. The maximum absolute atomic E-state index is 6.11. The monoisotopic (exact) mass is 359 g/mol. The minimum absolute atomic E-state index is 0.447. The molecule has 6 nitrogen and oxygen atoms in total. The van der Waals surface area contributed by atoms with Crippen LogP contribution in [0.3, 0.4) is 0 Å². The summed E-state index contributed by atoms with van der Waals surface area (Å²) in [5.74, 6) is 1.26. The fourth-order valence-electron chi connectivity index (χ4n) is 3.38. The van der Waals surface area contributed by atoms with Crippen LogP contribution in [-0.4, -0.2) is 28.2 Å². The van der Waals surface area contributed by atoms with Crippen LogP contribution in [0.4, 0.5) is 0 Å². The van der Waals surface area contributed by atoms with Gasteiger partial charge in [-0.1, -0.05) is 30.3 Å². The molecule has 1 aliphatic rings. The fourth-order valence-corrected chi connectivity index (χ4v) is 3.38. The summed E-state index contributed by atoms with van der Waals surface area (Å²) < 4.78 is 7.28. The van der Waals surface area contributed by atoms with Crippen LogP contribution >= 0.6 is 0 Å². The molecule has 0 radical (unpaired) electrons. The lowest BCUT2D eigenvalue weighted by molar-refractivity contribution is 0.415. The number of nitrogens with zero attached hydrogens (tertiary/aromatic N) is 4. The van der Waals surface area contributed by atoms with Crippen LogP contribution < -0.4 is 10.5 Å². The molecule has 0 fully saturated rings. The molecular weight excluding hydrogens is 338 g/mol. The van der Waals surface area contributed by atoms with E-state index in [-0.39, 0.29) is 0 Å². The maximum atomic E-state index is 6.11. The average Bonchev–Trinajstić information content (AvgIpc) is 3.26. The van der Waals surface area contributed by atoms with E-state index < -0.39 is 5.66 Å². The third-order valence-corrected chi connectivity index (χ3v) is 4.82. The highest BCUT2D eigenvalue weighted by molar-refractivity contribution is 6.41. The zero-order valence-corrected chi connectivity index (χ0v) is 15.5. The first kappa shape index (κ1) is 17.0. The summed E-state index contributed by atoms with van der Waals surface area (Å²) in [6, 6.07) is 16.2. The first-order chi connectivity index (χ1) is 13.0. The van der Waals surface area contributed by atoms with Crippen molar-refractivity contribution in [3.63, 3.8) is 0 Å². The molecule has 1 aromatic heterocycles. The lowest BCUT2D eigenvalue weighted by atomic mass is 9.93. The number of hydrogen-bond acceptors (Lipinski definition) is 5. The fraction of sp³-hybridized carbons (Fsp3) is 0.190. The second-order valence-electron chi connectivity index (χ2n) is 6.57. The molecule has 0 saturated carbocycles. The molecule has 1 unspecified atom stereocenters. The molecule has 0 saturated heterocycles. The molecule has 0 bridgehead atoms. The van der Waals surface area contributed by atoms with Crippen molar-refractivity contribution < 1.29 is 4.74 Å². The van der Waals surface area contributed by atoms with E-state index in [1.54, 1.807) is 19.6 Å². The van der Waals surface area contributed by atoms with Crippen LogP contribution in [-0.2, 0) is 12.7 Å². The van der Waals surface area contributed by atoms with Crippen molar-refractivity contribution in [2.75, 3.05) is 7.11 Å². The van der Waals surface area contributed by atoms with Gasteiger partial charge in [0.25, 0.3) is 0 Å². The third kappa shape index (κ3) is 2.79. The van der Waals surface area contributed by atoms with Crippen molar-refractivity contribution in [1.82, 2.24) is 9.55 Å². The van der Waals surface area contributed by atoms with Gasteiger partial charge < -0.3 is 15.0 Å². The molecule has 2 heterocycles. The number of nitrogens with two attached hydrogens (primary N) is 1.